The summed E-state index contributed by atoms with van der Waals surface area (Å²) in [6, 6.07) is 2.05. The molecule has 1 saturated heterocycles. The van der Waals surface area contributed by atoms with Crippen molar-refractivity contribution in [1.82, 2.24) is 19.7 Å². The van der Waals surface area contributed by atoms with Crippen molar-refractivity contribution < 1.29 is 13.2 Å². The van der Waals surface area contributed by atoms with E-state index in [4.69, 9.17) is 0 Å². The molecule has 1 aliphatic heterocycles. The number of thioether (sulfide) groups is 1. The predicted octanol–water partition coefficient (Wildman–Crippen LogP) is 3.43. The highest BCUT2D eigenvalue weighted by atomic mass is 32.2. The minimum Gasteiger partial charge on any atom is -0.341 e. The van der Waals surface area contributed by atoms with Gasteiger partial charge in [0.25, 0.3) is 0 Å². The fourth-order valence-electron chi connectivity index (χ4n) is 4.54. The van der Waals surface area contributed by atoms with Crippen molar-refractivity contribution in [3.05, 3.63) is 16.5 Å². The maximum absolute atomic E-state index is 12.6. The van der Waals surface area contributed by atoms with Crippen LogP contribution in [0.3, 0.4) is 0 Å². The van der Waals surface area contributed by atoms with E-state index < -0.39 is 9.84 Å². The normalized spacial score (nSPS) is 22.7. The summed E-state index contributed by atoms with van der Waals surface area (Å²) in [7, 11) is 0.614. The number of amides is 1. The van der Waals surface area contributed by atoms with Crippen molar-refractivity contribution in [2.45, 2.75) is 57.7 Å². The van der Waals surface area contributed by atoms with Gasteiger partial charge in [-0.2, -0.15) is 0 Å². The molecular formula is C22H32N4O3S3. The Morgan fingerprint density at radius 1 is 1.31 bits per heavy atom. The highest BCUT2D eigenvalue weighted by Gasteiger charge is 2.33. The number of sulfone groups is 1. The van der Waals surface area contributed by atoms with Crippen molar-refractivity contribution in [1.29, 1.82) is 0 Å². The molecule has 3 heterocycles. The summed E-state index contributed by atoms with van der Waals surface area (Å²) in [5.74, 6) is 1.89. The Balaban J connectivity index is 1.41. The van der Waals surface area contributed by atoms with Gasteiger partial charge < -0.3 is 9.47 Å². The second-order valence-electron chi connectivity index (χ2n) is 10.1. The van der Waals surface area contributed by atoms with Crippen LogP contribution in [0.2, 0.25) is 0 Å². The van der Waals surface area contributed by atoms with Crippen molar-refractivity contribution in [3.8, 4) is 10.7 Å². The van der Waals surface area contributed by atoms with Gasteiger partial charge in [0.05, 0.1) is 22.1 Å². The van der Waals surface area contributed by atoms with Crippen LogP contribution in [0.15, 0.2) is 11.2 Å². The minimum absolute atomic E-state index is 0.0626. The first kappa shape index (κ1) is 23.8. The van der Waals surface area contributed by atoms with Crippen molar-refractivity contribution in [2.75, 3.05) is 24.3 Å². The zero-order valence-electron chi connectivity index (χ0n) is 19.4. The largest absolute Gasteiger partial charge is 0.341 e. The van der Waals surface area contributed by atoms with E-state index in [0.29, 0.717) is 22.9 Å². The highest BCUT2D eigenvalue weighted by Crippen LogP contribution is 2.42. The molecule has 1 fully saturated rings. The molecule has 1 aliphatic carbocycles. The van der Waals surface area contributed by atoms with E-state index in [2.05, 4.69) is 37.0 Å². The number of carbonyl (C=O) groups excluding carboxylic acids is 1. The number of hydrogen-bond donors (Lipinski definition) is 0. The molecule has 32 heavy (non-hydrogen) atoms. The molecule has 0 radical (unpaired) electrons. The quantitative estimate of drug-likeness (QED) is 0.590. The molecule has 0 bridgehead atoms. The van der Waals surface area contributed by atoms with E-state index in [1.165, 1.54) is 28.6 Å². The summed E-state index contributed by atoms with van der Waals surface area (Å²) in [6.45, 7) is 6.98. The van der Waals surface area contributed by atoms with Gasteiger partial charge in [-0.05, 0) is 48.6 Å². The number of thiophene rings is 1. The van der Waals surface area contributed by atoms with Crippen LogP contribution in [0.1, 0.15) is 44.1 Å². The number of rotatable bonds is 5. The number of aromatic nitrogens is 3. The summed E-state index contributed by atoms with van der Waals surface area (Å²) in [5.41, 5.74) is 1.76. The lowest BCUT2D eigenvalue weighted by molar-refractivity contribution is -0.128. The smallest absolute Gasteiger partial charge is 0.233 e. The van der Waals surface area contributed by atoms with Gasteiger partial charge >= 0.3 is 0 Å². The third kappa shape index (κ3) is 4.92. The van der Waals surface area contributed by atoms with Gasteiger partial charge in [0.15, 0.2) is 20.8 Å². The average Bonchev–Trinajstić information content (AvgIpc) is 3.40. The second-order valence-corrected chi connectivity index (χ2v) is 14.4. The first-order chi connectivity index (χ1) is 14.9. The Morgan fingerprint density at radius 2 is 2.06 bits per heavy atom. The Labute approximate surface area is 198 Å². The highest BCUT2D eigenvalue weighted by molar-refractivity contribution is 7.99. The summed E-state index contributed by atoms with van der Waals surface area (Å²) in [5, 5.41) is 9.43. The van der Waals surface area contributed by atoms with E-state index in [1.807, 2.05) is 23.0 Å². The number of nitrogens with zero attached hydrogens (tertiary/aromatic N) is 4. The molecule has 4 rings (SSSR count). The second kappa shape index (κ2) is 8.76. The first-order valence-corrected chi connectivity index (χ1v) is 14.7. The molecule has 2 aromatic heterocycles. The Bertz CT molecular complexity index is 1110. The van der Waals surface area contributed by atoms with Crippen LogP contribution < -0.4 is 0 Å². The van der Waals surface area contributed by atoms with Gasteiger partial charge in [-0.1, -0.05) is 32.5 Å². The molecule has 2 aromatic rings. The Kier molecular flexibility index (Phi) is 6.50. The summed E-state index contributed by atoms with van der Waals surface area (Å²) >= 11 is 3.16. The van der Waals surface area contributed by atoms with Crippen LogP contribution in [0.25, 0.3) is 10.7 Å². The minimum atomic E-state index is -3.01. The van der Waals surface area contributed by atoms with Crippen molar-refractivity contribution >= 4 is 38.8 Å². The topological polar surface area (TPSA) is 85.2 Å². The molecule has 0 aromatic carbocycles. The lowest BCUT2D eigenvalue weighted by Crippen LogP contribution is -2.38. The van der Waals surface area contributed by atoms with Crippen LogP contribution in [0.5, 0.6) is 0 Å². The third-order valence-electron chi connectivity index (χ3n) is 6.84. The fraction of sp³-hybridized carbons (Fsp3) is 0.682. The third-order valence-corrected chi connectivity index (χ3v) is 10.8. The molecule has 0 N–H and O–H groups in total. The molecule has 2 aliphatic rings. The molecule has 2 atom stereocenters. The van der Waals surface area contributed by atoms with Crippen LogP contribution in [0.4, 0.5) is 0 Å². The van der Waals surface area contributed by atoms with E-state index in [1.54, 1.807) is 11.9 Å². The average molecular weight is 497 g/mol. The first-order valence-electron chi connectivity index (χ1n) is 11.0. The fourth-order valence-corrected chi connectivity index (χ4v) is 8.38. The molecule has 1 amide bonds. The van der Waals surface area contributed by atoms with Crippen LogP contribution in [-0.4, -0.2) is 64.3 Å². The van der Waals surface area contributed by atoms with E-state index >= 15 is 0 Å². The van der Waals surface area contributed by atoms with Gasteiger partial charge in [0, 0.05) is 25.0 Å². The Hall–Kier alpha value is -1.39. The zero-order valence-corrected chi connectivity index (χ0v) is 21.9. The maximum atomic E-state index is 12.6. The predicted molar refractivity (Wildman–Crippen MR) is 130 cm³/mol. The number of aryl methyl sites for hydroxylation is 1. The lowest BCUT2D eigenvalue weighted by Gasteiger charge is -2.33. The van der Waals surface area contributed by atoms with Crippen LogP contribution in [0, 0.1) is 11.3 Å². The number of hydrogen-bond acceptors (Lipinski definition) is 7. The van der Waals surface area contributed by atoms with Gasteiger partial charge in [-0.3, -0.25) is 4.79 Å². The molecule has 2 unspecified atom stereocenters. The maximum Gasteiger partial charge on any atom is 0.233 e. The van der Waals surface area contributed by atoms with E-state index in [0.717, 1.165) is 23.5 Å². The van der Waals surface area contributed by atoms with Gasteiger partial charge in [-0.25, -0.2) is 8.42 Å². The van der Waals surface area contributed by atoms with Crippen molar-refractivity contribution in [2.24, 2.45) is 18.4 Å². The van der Waals surface area contributed by atoms with Gasteiger partial charge in [-0.15, -0.1) is 21.5 Å². The number of fused-ring (bicyclic) bond motifs is 1. The standard InChI is InChI=1S/C22H32N4O3S3/c1-22(2,3)15-6-7-17-14(10-15)11-18(31-17)20-23-24-21(26(20)5)30-12-19(27)25(4)16-8-9-32(28,29)13-16/h11,15-16H,6-10,12-13H2,1-5H3. The van der Waals surface area contributed by atoms with E-state index in [-0.39, 0.29) is 29.2 Å². The monoisotopic (exact) mass is 496 g/mol. The molecule has 0 saturated carbocycles. The zero-order chi connectivity index (χ0) is 23.3. The molecule has 10 heteroatoms. The van der Waals surface area contributed by atoms with E-state index in [9.17, 15) is 13.2 Å². The molecule has 0 spiro atoms. The SMILES string of the molecule is CN(C(=O)CSc1nnc(-c2cc3c(s2)CCC(C(C)(C)C)C3)n1C)C1CCS(=O)(=O)C1. The van der Waals surface area contributed by atoms with Crippen LogP contribution >= 0.6 is 23.1 Å². The van der Waals surface area contributed by atoms with Crippen molar-refractivity contribution in [3.63, 3.8) is 0 Å². The number of carbonyl (C=O) groups is 1. The summed E-state index contributed by atoms with van der Waals surface area (Å²) in [4.78, 5) is 16.8. The Morgan fingerprint density at radius 3 is 2.72 bits per heavy atom. The summed E-state index contributed by atoms with van der Waals surface area (Å²) < 4.78 is 25.4. The van der Waals surface area contributed by atoms with Gasteiger partial charge in [0.1, 0.15) is 0 Å². The lowest BCUT2D eigenvalue weighted by atomic mass is 9.72. The molecular weight excluding hydrogens is 464 g/mol. The van der Waals surface area contributed by atoms with Gasteiger partial charge in [0.2, 0.25) is 5.91 Å². The molecule has 176 valence electrons. The molecule has 7 nitrogen and oxygen atoms in total. The van der Waals surface area contributed by atoms with Crippen LogP contribution in [-0.2, 0) is 34.5 Å². The summed E-state index contributed by atoms with van der Waals surface area (Å²) in [6.07, 6.45) is 3.99.